The van der Waals surface area contributed by atoms with E-state index >= 15 is 0 Å². The van der Waals surface area contributed by atoms with Crippen LogP contribution in [0.3, 0.4) is 0 Å². The maximum Gasteiger partial charge on any atom is 0.0419 e. The lowest BCUT2D eigenvalue weighted by Gasteiger charge is -2.19. The van der Waals surface area contributed by atoms with E-state index in [4.69, 9.17) is 0 Å². The number of rotatable bonds is 8. The molecule has 96 valence electrons. The normalized spacial score (nSPS) is 14.5. The minimum atomic E-state index is 0.536. The molecular formula is C14H24N2S. The Kier molecular flexibility index (Phi) is 7.29. The van der Waals surface area contributed by atoms with E-state index in [1.807, 2.05) is 12.3 Å². The van der Waals surface area contributed by atoms with Crippen molar-refractivity contribution in [2.24, 2.45) is 0 Å². The predicted molar refractivity (Wildman–Crippen MR) is 77.6 cm³/mol. The predicted octanol–water partition coefficient (Wildman–Crippen LogP) is 3.13. The molecule has 0 aliphatic heterocycles. The minimum absolute atomic E-state index is 0.536. The second-order valence-corrected chi connectivity index (χ2v) is 5.80. The van der Waals surface area contributed by atoms with E-state index in [-0.39, 0.29) is 0 Å². The molecule has 2 unspecified atom stereocenters. The van der Waals surface area contributed by atoms with Crippen molar-refractivity contribution in [1.82, 2.24) is 10.3 Å². The van der Waals surface area contributed by atoms with Crippen LogP contribution in [0.2, 0.25) is 0 Å². The van der Waals surface area contributed by atoms with E-state index in [1.165, 1.54) is 17.9 Å². The highest BCUT2D eigenvalue weighted by Crippen LogP contribution is 2.16. The van der Waals surface area contributed by atoms with Gasteiger partial charge >= 0.3 is 0 Å². The van der Waals surface area contributed by atoms with Crippen molar-refractivity contribution < 1.29 is 0 Å². The summed E-state index contributed by atoms with van der Waals surface area (Å²) in [5, 5.41) is 4.30. The van der Waals surface area contributed by atoms with Crippen LogP contribution >= 0.6 is 11.8 Å². The lowest BCUT2D eigenvalue weighted by atomic mass is 10.1. The molecule has 0 aliphatic carbocycles. The summed E-state index contributed by atoms with van der Waals surface area (Å²) in [5.74, 6) is 1.17. The Morgan fingerprint density at radius 1 is 1.35 bits per heavy atom. The summed E-state index contributed by atoms with van der Waals surface area (Å²) in [6, 6.07) is 6.68. The zero-order valence-corrected chi connectivity index (χ0v) is 12.0. The monoisotopic (exact) mass is 252 g/mol. The third-order valence-electron chi connectivity index (χ3n) is 2.83. The van der Waals surface area contributed by atoms with Crippen LogP contribution in [0, 0.1) is 0 Å². The Balaban J connectivity index is 2.43. The van der Waals surface area contributed by atoms with Crippen molar-refractivity contribution >= 4 is 11.8 Å². The standard InChI is InChI=1S/C14H24N2S/c1-4-12(3)17-11-14(15-5-2)10-13-8-6-7-9-16-13/h6-9,12,14-15H,4-5,10-11H2,1-3H3. The van der Waals surface area contributed by atoms with Crippen molar-refractivity contribution in [3.8, 4) is 0 Å². The molecule has 0 saturated carbocycles. The van der Waals surface area contributed by atoms with Gasteiger partial charge in [-0.2, -0.15) is 11.8 Å². The average molecular weight is 252 g/mol. The van der Waals surface area contributed by atoms with Crippen molar-refractivity contribution in [3.63, 3.8) is 0 Å². The van der Waals surface area contributed by atoms with Crippen LogP contribution < -0.4 is 5.32 Å². The number of likely N-dealkylation sites (N-methyl/N-ethyl adjacent to an activating group) is 1. The molecule has 0 saturated heterocycles. The molecule has 0 aromatic carbocycles. The van der Waals surface area contributed by atoms with E-state index in [1.54, 1.807) is 0 Å². The maximum atomic E-state index is 4.40. The van der Waals surface area contributed by atoms with Gasteiger partial charge in [0.25, 0.3) is 0 Å². The Labute approximate surface area is 110 Å². The van der Waals surface area contributed by atoms with Gasteiger partial charge in [-0.05, 0) is 25.1 Å². The van der Waals surface area contributed by atoms with E-state index in [0.29, 0.717) is 6.04 Å². The molecule has 0 aliphatic rings. The summed E-state index contributed by atoms with van der Waals surface area (Å²) in [6.07, 6.45) is 4.14. The van der Waals surface area contributed by atoms with Crippen molar-refractivity contribution in [3.05, 3.63) is 30.1 Å². The van der Waals surface area contributed by atoms with Crippen molar-refractivity contribution in [2.45, 2.75) is 44.9 Å². The van der Waals surface area contributed by atoms with Gasteiger partial charge in [0.05, 0.1) is 0 Å². The first-order valence-electron chi connectivity index (χ1n) is 6.51. The fraction of sp³-hybridized carbons (Fsp3) is 0.643. The SMILES string of the molecule is CCNC(CSC(C)CC)Cc1ccccn1. The van der Waals surface area contributed by atoms with Gasteiger partial charge < -0.3 is 5.32 Å². The third kappa shape index (κ3) is 6.08. The number of hydrogen-bond acceptors (Lipinski definition) is 3. The highest BCUT2D eigenvalue weighted by Gasteiger charge is 2.10. The van der Waals surface area contributed by atoms with Gasteiger partial charge in [-0.25, -0.2) is 0 Å². The molecule has 2 nitrogen and oxygen atoms in total. The first kappa shape index (κ1) is 14.5. The number of thioether (sulfide) groups is 1. The van der Waals surface area contributed by atoms with E-state index in [2.05, 4.69) is 55.0 Å². The summed E-state index contributed by atoms with van der Waals surface area (Å²) in [6.45, 7) is 7.74. The summed E-state index contributed by atoms with van der Waals surface area (Å²) in [7, 11) is 0. The van der Waals surface area contributed by atoms with Gasteiger partial charge in [0.2, 0.25) is 0 Å². The van der Waals surface area contributed by atoms with Crippen LogP contribution in [0.15, 0.2) is 24.4 Å². The van der Waals surface area contributed by atoms with Crippen LogP contribution in [0.4, 0.5) is 0 Å². The molecule has 1 rings (SSSR count). The molecule has 0 amide bonds. The summed E-state index contributed by atoms with van der Waals surface area (Å²) in [4.78, 5) is 4.40. The number of pyridine rings is 1. The minimum Gasteiger partial charge on any atom is -0.313 e. The molecule has 0 bridgehead atoms. The lowest BCUT2D eigenvalue weighted by molar-refractivity contribution is 0.566. The third-order valence-corrected chi connectivity index (χ3v) is 4.33. The number of aromatic nitrogens is 1. The molecule has 3 heteroatoms. The molecule has 2 atom stereocenters. The number of nitrogens with one attached hydrogen (secondary N) is 1. The molecule has 0 spiro atoms. The Morgan fingerprint density at radius 3 is 2.76 bits per heavy atom. The molecule has 1 aromatic rings. The molecule has 17 heavy (non-hydrogen) atoms. The Morgan fingerprint density at radius 2 is 2.18 bits per heavy atom. The van der Waals surface area contributed by atoms with Crippen molar-refractivity contribution in [1.29, 1.82) is 0 Å². The van der Waals surface area contributed by atoms with Gasteiger partial charge in [-0.15, -0.1) is 0 Å². The van der Waals surface area contributed by atoms with Crippen LogP contribution in [-0.4, -0.2) is 28.6 Å². The molecule has 1 N–H and O–H groups in total. The van der Waals surface area contributed by atoms with Gasteiger partial charge in [-0.1, -0.05) is 26.8 Å². The second kappa shape index (κ2) is 8.54. The number of hydrogen-bond donors (Lipinski definition) is 1. The highest BCUT2D eigenvalue weighted by molar-refractivity contribution is 7.99. The summed E-state index contributed by atoms with van der Waals surface area (Å²) >= 11 is 2.05. The summed E-state index contributed by atoms with van der Waals surface area (Å²) in [5.41, 5.74) is 1.18. The topological polar surface area (TPSA) is 24.9 Å². The smallest absolute Gasteiger partial charge is 0.0419 e. The quantitative estimate of drug-likeness (QED) is 0.769. The van der Waals surface area contributed by atoms with Gasteiger partial charge in [0.1, 0.15) is 0 Å². The van der Waals surface area contributed by atoms with Crippen molar-refractivity contribution in [2.75, 3.05) is 12.3 Å². The van der Waals surface area contributed by atoms with E-state index < -0.39 is 0 Å². The van der Waals surface area contributed by atoms with Gasteiger partial charge in [-0.3, -0.25) is 4.98 Å². The fourth-order valence-corrected chi connectivity index (χ4v) is 2.68. The summed E-state index contributed by atoms with van der Waals surface area (Å²) < 4.78 is 0. The average Bonchev–Trinajstić information content (AvgIpc) is 2.37. The molecular weight excluding hydrogens is 228 g/mol. The first-order valence-corrected chi connectivity index (χ1v) is 7.56. The highest BCUT2D eigenvalue weighted by atomic mass is 32.2. The van der Waals surface area contributed by atoms with Crippen LogP contribution in [0.25, 0.3) is 0 Å². The van der Waals surface area contributed by atoms with Crippen LogP contribution in [0.1, 0.15) is 32.9 Å². The molecule has 0 radical (unpaired) electrons. The van der Waals surface area contributed by atoms with Crippen LogP contribution in [-0.2, 0) is 6.42 Å². The van der Waals surface area contributed by atoms with Gasteiger partial charge in [0.15, 0.2) is 0 Å². The van der Waals surface area contributed by atoms with Gasteiger partial charge in [0, 0.05) is 35.4 Å². The zero-order valence-electron chi connectivity index (χ0n) is 11.1. The largest absolute Gasteiger partial charge is 0.313 e. The Hall–Kier alpha value is -0.540. The lowest BCUT2D eigenvalue weighted by Crippen LogP contribution is -2.34. The number of nitrogens with zero attached hydrogens (tertiary/aromatic N) is 1. The maximum absolute atomic E-state index is 4.40. The molecule has 1 aromatic heterocycles. The molecule has 1 heterocycles. The van der Waals surface area contributed by atoms with Crippen LogP contribution in [0.5, 0.6) is 0 Å². The second-order valence-electron chi connectivity index (χ2n) is 4.33. The first-order chi connectivity index (χ1) is 8.26. The zero-order chi connectivity index (χ0) is 12.5. The van der Waals surface area contributed by atoms with E-state index in [9.17, 15) is 0 Å². The Bertz CT molecular complexity index is 290. The van der Waals surface area contributed by atoms with E-state index in [0.717, 1.165) is 18.2 Å². The fourth-order valence-electron chi connectivity index (χ4n) is 1.65. The molecule has 0 fully saturated rings.